The first-order valence-corrected chi connectivity index (χ1v) is 11.0. The van der Waals surface area contributed by atoms with E-state index in [9.17, 15) is 0 Å². The average Bonchev–Trinajstić information content (AvgIpc) is 2.73. The molecule has 2 rings (SSSR count). The molecule has 0 spiro atoms. The van der Waals surface area contributed by atoms with Crippen molar-refractivity contribution in [3.05, 3.63) is 29.8 Å². The Balaban J connectivity index is 0.00000450. The highest BCUT2D eigenvalue weighted by molar-refractivity contribution is 14.0. The number of nitrogens with one attached hydrogen (secondary N) is 2. The van der Waals surface area contributed by atoms with Gasteiger partial charge in [0.05, 0.1) is 19.8 Å². The van der Waals surface area contributed by atoms with E-state index in [0.29, 0.717) is 18.1 Å². The van der Waals surface area contributed by atoms with Gasteiger partial charge in [-0.05, 0) is 56.7 Å². The van der Waals surface area contributed by atoms with Gasteiger partial charge in [-0.3, -0.25) is 4.99 Å². The number of benzene rings is 1. The van der Waals surface area contributed by atoms with E-state index < -0.39 is 0 Å². The van der Waals surface area contributed by atoms with Crippen LogP contribution in [-0.2, 0) is 4.74 Å². The molecular weight excluding hydrogens is 491 g/mol. The number of methoxy groups -OCH3 is 1. The van der Waals surface area contributed by atoms with Crippen LogP contribution in [-0.4, -0.2) is 69.9 Å². The van der Waals surface area contributed by atoms with Gasteiger partial charge in [0.1, 0.15) is 5.75 Å². The predicted octanol–water partition coefficient (Wildman–Crippen LogP) is 3.86. The molecule has 1 aromatic carbocycles. The molecule has 6 nitrogen and oxygen atoms in total. The van der Waals surface area contributed by atoms with E-state index in [1.165, 1.54) is 5.56 Å². The van der Waals surface area contributed by atoms with Crippen molar-refractivity contribution in [2.24, 2.45) is 4.99 Å². The van der Waals surface area contributed by atoms with Crippen LogP contribution >= 0.6 is 24.0 Å². The number of aliphatic imine (C=N–C) groups is 1. The Hall–Kier alpha value is -1.06. The Morgan fingerprint density at radius 1 is 1.17 bits per heavy atom. The van der Waals surface area contributed by atoms with E-state index in [0.717, 1.165) is 63.8 Å². The molecule has 0 radical (unpaired) electrons. The van der Waals surface area contributed by atoms with Crippen molar-refractivity contribution in [1.82, 2.24) is 15.5 Å². The maximum absolute atomic E-state index is 5.67. The lowest BCUT2D eigenvalue weighted by Gasteiger charge is -2.33. The quantitative estimate of drug-likeness (QED) is 0.272. The second-order valence-corrected chi connectivity index (χ2v) is 8.14. The number of rotatable bonds is 10. The van der Waals surface area contributed by atoms with Crippen LogP contribution in [0.25, 0.3) is 0 Å². The number of hydrogen-bond donors (Lipinski definition) is 2. The molecule has 1 atom stereocenters. The Kier molecular flexibility index (Phi) is 13.4. The molecular formula is C23H41IN4O2. The lowest BCUT2D eigenvalue weighted by molar-refractivity contribution is 0.0532. The Morgan fingerprint density at radius 2 is 1.83 bits per heavy atom. The fourth-order valence-electron chi connectivity index (χ4n) is 3.61. The summed E-state index contributed by atoms with van der Waals surface area (Å²) < 4.78 is 10.9. The van der Waals surface area contributed by atoms with E-state index >= 15 is 0 Å². The van der Waals surface area contributed by atoms with E-state index in [4.69, 9.17) is 9.47 Å². The van der Waals surface area contributed by atoms with E-state index in [-0.39, 0.29) is 24.0 Å². The third kappa shape index (κ3) is 9.83. The molecule has 1 aliphatic rings. The van der Waals surface area contributed by atoms with Crippen molar-refractivity contribution in [2.45, 2.75) is 58.1 Å². The number of ether oxygens (including phenoxy) is 2. The molecule has 1 aromatic rings. The standard InChI is InChI=1S/C23H40N4O2.HI/c1-18(2)29-17-16-27-14-11-21(12-15-27)26-23(24-4)25-13-10-19(3)20-6-8-22(28-5)9-7-20;/h6-9,18-19,21H,10-17H2,1-5H3,(H2,24,25,26);1H. The molecule has 0 bridgehead atoms. The average molecular weight is 533 g/mol. The van der Waals surface area contributed by atoms with Crippen LogP contribution in [0.5, 0.6) is 5.75 Å². The van der Waals surface area contributed by atoms with Gasteiger partial charge in [-0.15, -0.1) is 24.0 Å². The molecule has 0 aromatic heterocycles. The lowest BCUT2D eigenvalue weighted by Crippen LogP contribution is -2.49. The summed E-state index contributed by atoms with van der Waals surface area (Å²) in [6, 6.07) is 8.84. The molecule has 0 saturated carbocycles. The summed E-state index contributed by atoms with van der Waals surface area (Å²) in [7, 11) is 3.55. The number of hydrogen-bond acceptors (Lipinski definition) is 4. The summed E-state index contributed by atoms with van der Waals surface area (Å²) in [5.74, 6) is 2.30. The van der Waals surface area contributed by atoms with Gasteiger partial charge < -0.3 is 25.0 Å². The van der Waals surface area contributed by atoms with E-state index in [2.05, 4.69) is 53.4 Å². The van der Waals surface area contributed by atoms with Gasteiger partial charge in [0, 0.05) is 39.3 Å². The third-order valence-corrected chi connectivity index (χ3v) is 5.57. The van der Waals surface area contributed by atoms with Crippen molar-refractivity contribution in [1.29, 1.82) is 0 Å². The van der Waals surface area contributed by atoms with Gasteiger partial charge in [0.25, 0.3) is 0 Å². The van der Waals surface area contributed by atoms with Crippen molar-refractivity contribution in [2.75, 3.05) is 46.9 Å². The molecule has 1 fully saturated rings. The van der Waals surface area contributed by atoms with Crippen LogP contribution in [0.1, 0.15) is 51.5 Å². The van der Waals surface area contributed by atoms with Crippen molar-refractivity contribution >= 4 is 29.9 Å². The summed E-state index contributed by atoms with van der Waals surface area (Å²) in [6.07, 6.45) is 3.66. The molecule has 172 valence electrons. The van der Waals surface area contributed by atoms with Gasteiger partial charge in [-0.1, -0.05) is 19.1 Å². The van der Waals surface area contributed by atoms with Crippen LogP contribution in [0.2, 0.25) is 0 Å². The molecule has 1 unspecified atom stereocenters. The van der Waals surface area contributed by atoms with Crippen LogP contribution in [0.15, 0.2) is 29.3 Å². The minimum Gasteiger partial charge on any atom is -0.497 e. The zero-order valence-corrected chi connectivity index (χ0v) is 21.6. The molecule has 0 aliphatic carbocycles. The number of halogens is 1. The number of likely N-dealkylation sites (tertiary alicyclic amines) is 1. The van der Waals surface area contributed by atoms with E-state index in [1.807, 2.05) is 19.2 Å². The third-order valence-electron chi connectivity index (χ3n) is 5.57. The van der Waals surface area contributed by atoms with Crippen LogP contribution < -0.4 is 15.4 Å². The fraction of sp³-hybridized carbons (Fsp3) is 0.696. The molecule has 1 heterocycles. The summed E-state index contributed by atoms with van der Waals surface area (Å²) in [5.41, 5.74) is 1.34. The second-order valence-electron chi connectivity index (χ2n) is 8.14. The monoisotopic (exact) mass is 532 g/mol. The Bertz CT molecular complexity index is 602. The Labute approximate surface area is 200 Å². The number of guanidine groups is 1. The normalized spacial score (nSPS) is 16.8. The van der Waals surface area contributed by atoms with Gasteiger partial charge in [-0.2, -0.15) is 0 Å². The minimum absolute atomic E-state index is 0. The maximum Gasteiger partial charge on any atom is 0.191 e. The highest BCUT2D eigenvalue weighted by atomic mass is 127. The molecule has 2 N–H and O–H groups in total. The number of piperidine rings is 1. The molecule has 30 heavy (non-hydrogen) atoms. The largest absolute Gasteiger partial charge is 0.497 e. The van der Waals surface area contributed by atoms with Gasteiger partial charge in [0.15, 0.2) is 5.96 Å². The van der Waals surface area contributed by atoms with Gasteiger partial charge >= 0.3 is 0 Å². The Morgan fingerprint density at radius 3 is 2.40 bits per heavy atom. The summed E-state index contributed by atoms with van der Waals surface area (Å²) in [5, 5.41) is 7.07. The van der Waals surface area contributed by atoms with Gasteiger partial charge in [-0.25, -0.2) is 0 Å². The van der Waals surface area contributed by atoms with Crippen molar-refractivity contribution in [3.8, 4) is 5.75 Å². The summed E-state index contributed by atoms with van der Waals surface area (Å²) in [6.45, 7) is 11.4. The first-order chi connectivity index (χ1) is 14.0. The predicted molar refractivity (Wildman–Crippen MR) is 136 cm³/mol. The van der Waals surface area contributed by atoms with Crippen LogP contribution in [0.3, 0.4) is 0 Å². The molecule has 1 aliphatic heterocycles. The van der Waals surface area contributed by atoms with E-state index in [1.54, 1.807) is 7.11 Å². The topological polar surface area (TPSA) is 58.1 Å². The number of nitrogens with zero attached hydrogens (tertiary/aromatic N) is 2. The summed E-state index contributed by atoms with van der Waals surface area (Å²) >= 11 is 0. The lowest BCUT2D eigenvalue weighted by atomic mass is 9.98. The summed E-state index contributed by atoms with van der Waals surface area (Å²) in [4.78, 5) is 6.90. The highest BCUT2D eigenvalue weighted by Crippen LogP contribution is 2.21. The fourth-order valence-corrected chi connectivity index (χ4v) is 3.61. The zero-order chi connectivity index (χ0) is 21.1. The molecule has 1 saturated heterocycles. The van der Waals surface area contributed by atoms with Crippen molar-refractivity contribution in [3.63, 3.8) is 0 Å². The second kappa shape index (κ2) is 14.9. The maximum atomic E-state index is 5.67. The van der Waals surface area contributed by atoms with Crippen LogP contribution in [0, 0.1) is 0 Å². The SMILES string of the molecule is CN=C(NCCC(C)c1ccc(OC)cc1)NC1CCN(CCOC(C)C)CC1.I. The minimum atomic E-state index is 0. The van der Waals surface area contributed by atoms with Crippen LogP contribution in [0.4, 0.5) is 0 Å². The van der Waals surface area contributed by atoms with Crippen molar-refractivity contribution < 1.29 is 9.47 Å². The molecule has 0 amide bonds. The van der Waals surface area contributed by atoms with Gasteiger partial charge in [0.2, 0.25) is 0 Å². The first-order valence-electron chi connectivity index (χ1n) is 11.0. The zero-order valence-electron chi connectivity index (χ0n) is 19.3. The highest BCUT2D eigenvalue weighted by Gasteiger charge is 2.19. The molecule has 7 heteroatoms. The smallest absolute Gasteiger partial charge is 0.191 e. The first kappa shape index (κ1) is 27.0.